The van der Waals surface area contributed by atoms with E-state index >= 15 is 0 Å². The van der Waals surface area contributed by atoms with E-state index in [-0.39, 0.29) is 17.9 Å². The van der Waals surface area contributed by atoms with Crippen molar-refractivity contribution in [1.29, 1.82) is 0 Å². The number of rotatable bonds is 3. The van der Waals surface area contributed by atoms with Crippen molar-refractivity contribution in [2.75, 3.05) is 7.11 Å². The van der Waals surface area contributed by atoms with Crippen LogP contribution in [0.5, 0.6) is 11.6 Å². The molecule has 1 aromatic heterocycles. The van der Waals surface area contributed by atoms with E-state index in [9.17, 15) is 18.0 Å². The predicted molar refractivity (Wildman–Crippen MR) is 48.2 cm³/mol. The number of pyridine rings is 1. The first-order valence-corrected chi connectivity index (χ1v) is 4.13. The lowest BCUT2D eigenvalue weighted by Crippen LogP contribution is -2.22. The molecule has 0 bridgehead atoms. The molecule has 0 aromatic carbocycles. The Morgan fingerprint density at radius 1 is 1.50 bits per heavy atom. The molecule has 0 aliphatic carbocycles. The van der Waals surface area contributed by atoms with Gasteiger partial charge in [-0.05, 0) is 6.07 Å². The Kier molecular flexibility index (Phi) is 3.43. The van der Waals surface area contributed by atoms with Crippen LogP contribution >= 0.6 is 0 Å². The van der Waals surface area contributed by atoms with Gasteiger partial charge in [0.05, 0.1) is 7.11 Å². The zero-order valence-corrected chi connectivity index (χ0v) is 8.22. The maximum absolute atomic E-state index is 12.0. The number of nitrogens with one attached hydrogen (secondary N) is 1. The highest BCUT2D eigenvalue weighted by Gasteiger charge is 2.32. The molecule has 0 aliphatic rings. The van der Waals surface area contributed by atoms with Crippen molar-refractivity contribution in [3.05, 3.63) is 22.0 Å². The minimum absolute atomic E-state index is 0.00576. The molecule has 16 heavy (non-hydrogen) atoms. The summed E-state index contributed by atoms with van der Waals surface area (Å²) in [5.74, 6) is -0.851. The van der Waals surface area contributed by atoms with E-state index in [1.165, 1.54) is 7.11 Å². The van der Waals surface area contributed by atoms with Crippen LogP contribution in [-0.2, 0) is 6.54 Å². The van der Waals surface area contributed by atoms with Crippen LogP contribution in [0, 0.1) is 0 Å². The van der Waals surface area contributed by atoms with E-state index in [1.807, 2.05) is 4.98 Å². The molecule has 0 radical (unpaired) electrons. The fourth-order valence-electron chi connectivity index (χ4n) is 1.04. The number of halogens is 3. The molecule has 1 rings (SSSR count). The van der Waals surface area contributed by atoms with Crippen molar-refractivity contribution >= 4 is 0 Å². The number of ether oxygens (including phenoxy) is 2. The number of aromatic nitrogens is 1. The maximum Gasteiger partial charge on any atom is 0.574 e. The van der Waals surface area contributed by atoms with Gasteiger partial charge in [-0.3, -0.25) is 9.78 Å². The average molecular weight is 238 g/mol. The minimum Gasteiger partial charge on any atom is -0.491 e. The lowest BCUT2D eigenvalue weighted by atomic mass is 10.2. The first-order chi connectivity index (χ1) is 7.37. The van der Waals surface area contributed by atoms with Crippen molar-refractivity contribution in [2.24, 2.45) is 5.73 Å². The maximum atomic E-state index is 12.0. The summed E-state index contributed by atoms with van der Waals surface area (Å²) in [5, 5.41) is 0. The highest BCUT2D eigenvalue weighted by molar-refractivity contribution is 5.33. The van der Waals surface area contributed by atoms with E-state index in [0.29, 0.717) is 0 Å². The molecular weight excluding hydrogens is 229 g/mol. The van der Waals surface area contributed by atoms with E-state index < -0.39 is 17.8 Å². The van der Waals surface area contributed by atoms with Crippen LogP contribution in [-0.4, -0.2) is 18.5 Å². The fraction of sp³-hybridized carbons (Fsp3) is 0.375. The number of nitrogens with two attached hydrogens (primary N) is 1. The van der Waals surface area contributed by atoms with E-state index in [0.717, 1.165) is 6.07 Å². The Bertz CT molecular complexity index is 428. The van der Waals surface area contributed by atoms with Crippen LogP contribution in [0.25, 0.3) is 0 Å². The summed E-state index contributed by atoms with van der Waals surface area (Å²) in [7, 11) is 1.22. The fourth-order valence-corrected chi connectivity index (χ4v) is 1.04. The minimum atomic E-state index is -4.89. The Hall–Kier alpha value is -1.70. The summed E-state index contributed by atoms with van der Waals surface area (Å²) in [6, 6.07) is 1.10. The Morgan fingerprint density at radius 3 is 2.56 bits per heavy atom. The standard InChI is InChI=1S/C8H9F3N2O3/c1-15-5-2-4(3-12)7(13-6(5)14)16-8(9,10)11/h2H,3,12H2,1H3,(H,13,14). The molecule has 1 aromatic rings. The quantitative estimate of drug-likeness (QED) is 0.814. The predicted octanol–water partition coefficient (Wildman–Crippen LogP) is 0.741. The molecule has 0 unspecified atom stereocenters. The van der Waals surface area contributed by atoms with Crippen molar-refractivity contribution < 1.29 is 22.6 Å². The third-order valence-electron chi connectivity index (χ3n) is 1.71. The molecule has 0 saturated carbocycles. The summed E-state index contributed by atoms with van der Waals surface area (Å²) in [6.07, 6.45) is -4.89. The SMILES string of the molecule is COc1cc(CN)c(OC(F)(F)F)[nH]c1=O. The van der Waals surface area contributed by atoms with E-state index in [2.05, 4.69) is 9.47 Å². The number of aromatic amines is 1. The zero-order chi connectivity index (χ0) is 12.3. The van der Waals surface area contributed by atoms with Gasteiger partial charge in [0, 0.05) is 12.1 Å². The topological polar surface area (TPSA) is 77.3 Å². The number of hydrogen-bond acceptors (Lipinski definition) is 4. The first kappa shape index (κ1) is 12.4. The summed E-state index contributed by atoms with van der Waals surface area (Å²) in [5.41, 5.74) is 4.39. The van der Waals surface area contributed by atoms with E-state index in [1.54, 1.807) is 0 Å². The lowest BCUT2D eigenvalue weighted by Gasteiger charge is -2.12. The van der Waals surface area contributed by atoms with Crippen LogP contribution in [0.1, 0.15) is 5.56 Å². The van der Waals surface area contributed by atoms with Crippen molar-refractivity contribution in [1.82, 2.24) is 4.98 Å². The molecule has 0 fully saturated rings. The molecule has 0 spiro atoms. The van der Waals surface area contributed by atoms with Gasteiger partial charge in [0.1, 0.15) is 0 Å². The molecule has 0 amide bonds. The highest BCUT2D eigenvalue weighted by Crippen LogP contribution is 2.24. The van der Waals surface area contributed by atoms with Gasteiger partial charge in [-0.2, -0.15) is 0 Å². The molecule has 90 valence electrons. The van der Waals surface area contributed by atoms with Gasteiger partial charge in [0.25, 0.3) is 5.56 Å². The molecular formula is C8H9F3N2O3. The van der Waals surface area contributed by atoms with Gasteiger partial charge < -0.3 is 15.2 Å². The van der Waals surface area contributed by atoms with Gasteiger partial charge >= 0.3 is 6.36 Å². The van der Waals surface area contributed by atoms with Gasteiger partial charge in [-0.1, -0.05) is 0 Å². The smallest absolute Gasteiger partial charge is 0.491 e. The molecule has 3 N–H and O–H groups in total. The second-order valence-corrected chi connectivity index (χ2v) is 2.77. The third-order valence-corrected chi connectivity index (χ3v) is 1.71. The summed E-state index contributed by atoms with van der Waals surface area (Å²) in [4.78, 5) is 13.1. The highest BCUT2D eigenvalue weighted by atomic mass is 19.4. The molecule has 0 aliphatic heterocycles. The summed E-state index contributed by atoms with van der Waals surface area (Å²) < 4.78 is 44.1. The first-order valence-electron chi connectivity index (χ1n) is 4.13. The van der Waals surface area contributed by atoms with Crippen LogP contribution in [0.2, 0.25) is 0 Å². The molecule has 0 atom stereocenters. The van der Waals surface area contributed by atoms with Crippen molar-refractivity contribution in [2.45, 2.75) is 12.9 Å². The number of hydrogen-bond donors (Lipinski definition) is 2. The largest absolute Gasteiger partial charge is 0.574 e. The third kappa shape index (κ3) is 2.89. The van der Waals surface area contributed by atoms with Crippen LogP contribution in [0.4, 0.5) is 13.2 Å². The average Bonchev–Trinajstić information content (AvgIpc) is 2.16. The lowest BCUT2D eigenvalue weighted by molar-refractivity contribution is -0.276. The Labute approximate surface area is 88.0 Å². The molecule has 5 nitrogen and oxygen atoms in total. The van der Waals surface area contributed by atoms with E-state index in [4.69, 9.17) is 5.73 Å². The second kappa shape index (κ2) is 4.44. The summed E-state index contributed by atoms with van der Waals surface area (Å²) >= 11 is 0. The van der Waals surface area contributed by atoms with Gasteiger partial charge in [0.2, 0.25) is 5.88 Å². The molecule has 0 saturated heterocycles. The van der Waals surface area contributed by atoms with Crippen LogP contribution in [0.3, 0.4) is 0 Å². The zero-order valence-electron chi connectivity index (χ0n) is 8.22. The monoisotopic (exact) mass is 238 g/mol. The van der Waals surface area contributed by atoms with Gasteiger partial charge in [-0.25, -0.2) is 0 Å². The second-order valence-electron chi connectivity index (χ2n) is 2.77. The Morgan fingerprint density at radius 2 is 2.12 bits per heavy atom. The molecule has 8 heteroatoms. The number of alkyl halides is 3. The van der Waals surface area contributed by atoms with Crippen molar-refractivity contribution in [3.63, 3.8) is 0 Å². The Balaban J connectivity index is 3.19. The van der Waals surface area contributed by atoms with Crippen molar-refractivity contribution in [3.8, 4) is 11.6 Å². The number of H-pyrrole nitrogens is 1. The van der Waals surface area contributed by atoms with Crippen LogP contribution < -0.4 is 20.8 Å². The van der Waals surface area contributed by atoms with Gasteiger partial charge in [0.15, 0.2) is 5.75 Å². The van der Waals surface area contributed by atoms with Gasteiger partial charge in [-0.15, -0.1) is 13.2 Å². The summed E-state index contributed by atoms with van der Waals surface area (Å²) in [6.45, 7) is -0.224. The normalized spacial score (nSPS) is 11.3. The number of methoxy groups -OCH3 is 1. The molecule has 1 heterocycles. The van der Waals surface area contributed by atoms with Crippen LogP contribution in [0.15, 0.2) is 10.9 Å².